The summed E-state index contributed by atoms with van der Waals surface area (Å²) >= 11 is 0. The molecule has 3 aromatic rings. The number of pyridine rings is 1. The van der Waals surface area contributed by atoms with E-state index < -0.39 is 10.0 Å². The molecule has 1 heterocycles. The van der Waals surface area contributed by atoms with Crippen molar-refractivity contribution in [2.45, 2.75) is 13.8 Å². The van der Waals surface area contributed by atoms with Crippen LogP contribution in [0, 0.1) is 13.8 Å². The molecule has 1 aromatic heterocycles. The molecule has 0 radical (unpaired) electrons. The summed E-state index contributed by atoms with van der Waals surface area (Å²) in [4.78, 5) is 6.52. The highest BCUT2D eigenvalue weighted by molar-refractivity contribution is 7.92. The third kappa shape index (κ3) is 4.51. The van der Waals surface area contributed by atoms with Gasteiger partial charge in [0.2, 0.25) is 10.0 Å². The zero-order chi connectivity index (χ0) is 20.5. The van der Waals surface area contributed by atoms with Crippen LogP contribution in [0.3, 0.4) is 0 Å². The van der Waals surface area contributed by atoms with Gasteiger partial charge in [-0.2, -0.15) is 0 Å². The normalized spacial score (nSPS) is 11.3. The van der Waals surface area contributed by atoms with Gasteiger partial charge in [0.1, 0.15) is 0 Å². The van der Waals surface area contributed by atoms with Gasteiger partial charge >= 0.3 is 0 Å². The van der Waals surface area contributed by atoms with E-state index >= 15 is 0 Å². The average molecular weight is 396 g/mol. The minimum atomic E-state index is -3.31. The van der Waals surface area contributed by atoms with Crippen LogP contribution < -0.4 is 9.62 Å². The molecule has 28 heavy (non-hydrogen) atoms. The molecular formula is C22H25N3O2S. The Hall–Kier alpha value is -2.86. The molecule has 6 heteroatoms. The zero-order valence-corrected chi connectivity index (χ0v) is 17.6. The van der Waals surface area contributed by atoms with Crippen LogP contribution in [0.4, 0.5) is 11.4 Å². The van der Waals surface area contributed by atoms with Crippen molar-refractivity contribution < 1.29 is 8.42 Å². The van der Waals surface area contributed by atoms with Crippen LogP contribution in [0.5, 0.6) is 0 Å². The Balaban J connectivity index is 1.93. The number of nitrogens with one attached hydrogen (secondary N) is 1. The lowest BCUT2D eigenvalue weighted by atomic mass is 9.93. The van der Waals surface area contributed by atoms with E-state index in [9.17, 15) is 8.42 Å². The number of nitrogens with zero attached hydrogens (tertiary/aromatic N) is 2. The first-order valence-corrected chi connectivity index (χ1v) is 10.9. The van der Waals surface area contributed by atoms with E-state index in [0.717, 1.165) is 23.1 Å². The van der Waals surface area contributed by atoms with Gasteiger partial charge < -0.3 is 4.90 Å². The van der Waals surface area contributed by atoms with Crippen LogP contribution in [0.25, 0.3) is 22.4 Å². The van der Waals surface area contributed by atoms with Gasteiger partial charge in [-0.05, 0) is 66.4 Å². The number of aryl methyl sites for hydroxylation is 2. The van der Waals surface area contributed by atoms with Gasteiger partial charge in [0.25, 0.3) is 0 Å². The summed E-state index contributed by atoms with van der Waals surface area (Å²) in [6.07, 6.45) is 2.66. The number of sulfonamides is 1. The summed E-state index contributed by atoms with van der Waals surface area (Å²) in [5.41, 5.74) is 8.14. The molecule has 0 fully saturated rings. The van der Waals surface area contributed by atoms with E-state index in [2.05, 4.69) is 64.9 Å². The van der Waals surface area contributed by atoms with Crippen LogP contribution in [-0.2, 0) is 10.0 Å². The predicted octanol–water partition coefficient (Wildman–Crippen LogP) is 4.47. The molecule has 0 bridgehead atoms. The lowest BCUT2D eigenvalue weighted by molar-refractivity contribution is 0.607. The number of hydrogen-bond acceptors (Lipinski definition) is 4. The minimum absolute atomic E-state index is 0.457. The van der Waals surface area contributed by atoms with Gasteiger partial charge in [-0.25, -0.2) is 8.42 Å². The average Bonchev–Trinajstić information content (AvgIpc) is 2.63. The summed E-state index contributed by atoms with van der Waals surface area (Å²) in [6.45, 7) is 4.16. The quantitative estimate of drug-likeness (QED) is 0.692. The summed E-state index contributed by atoms with van der Waals surface area (Å²) in [5.74, 6) is 0. The Labute approximate surface area is 167 Å². The molecule has 0 spiro atoms. The molecule has 0 aliphatic heterocycles. The summed E-state index contributed by atoms with van der Waals surface area (Å²) in [5, 5.41) is 0. The number of anilines is 2. The van der Waals surface area contributed by atoms with Gasteiger partial charge in [-0.15, -0.1) is 0 Å². The maximum Gasteiger partial charge on any atom is 0.229 e. The van der Waals surface area contributed by atoms with Crippen LogP contribution >= 0.6 is 0 Å². The fraction of sp³-hybridized carbons (Fsp3) is 0.227. The maximum atomic E-state index is 11.3. The Morgan fingerprint density at radius 1 is 0.893 bits per heavy atom. The molecule has 0 saturated heterocycles. The molecule has 146 valence electrons. The predicted molar refractivity (Wildman–Crippen MR) is 117 cm³/mol. The number of benzene rings is 2. The van der Waals surface area contributed by atoms with Crippen LogP contribution in [0.1, 0.15) is 11.1 Å². The Morgan fingerprint density at radius 3 is 2.04 bits per heavy atom. The van der Waals surface area contributed by atoms with Gasteiger partial charge in [-0.3, -0.25) is 9.71 Å². The molecular weight excluding hydrogens is 370 g/mol. The molecule has 3 rings (SSSR count). The van der Waals surface area contributed by atoms with E-state index in [1.165, 1.54) is 22.4 Å². The monoisotopic (exact) mass is 395 g/mol. The first kappa shape index (κ1) is 19.9. The van der Waals surface area contributed by atoms with Crippen molar-refractivity contribution in [1.29, 1.82) is 0 Å². The highest BCUT2D eigenvalue weighted by Gasteiger charge is 2.10. The van der Waals surface area contributed by atoms with Gasteiger partial charge in [-0.1, -0.05) is 18.2 Å². The number of hydrogen-bond donors (Lipinski definition) is 1. The van der Waals surface area contributed by atoms with Gasteiger partial charge in [0, 0.05) is 25.3 Å². The van der Waals surface area contributed by atoms with Crippen molar-refractivity contribution in [1.82, 2.24) is 4.98 Å². The first-order chi connectivity index (χ1) is 13.1. The molecule has 5 nitrogen and oxygen atoms in total. The summed E-state index contributed by atoms with van der Waals surface area (Å²) in [7, 11) is 0.754. The molecule has 0 aliphatic rings. The standard InChI is InChI=1S/C22H25N3O2S/c1-15-13-21(22-11-8-18(14-23-22)24-28(5,26)27)16(2)12-20(15)17-6-9-19(10-7-17)25(3)4/h6-14,24H,1-5H3. The van der Waals surface area contributed by atoms with Crippen molar-refractivity contribution in [2.24, 2.45) is 0 Å². The summed E-state index contributed by atoms with van der Waals surface area (Å²) in [6, 6.07) is 16.4. The maximum absolute atomic E-state index is 11.3. The highest BCUT2D eigenvalue weighted by Crippen LogP contribution is 2.32. The third-order valence-electron chi connectivity index (χ3n) is 4.61. The van der Waals surface area contributed by atoms with E-state index in [4.69, 9.17) is 0 Å². The SMILES string of the molecule is Cc1cc(-c2ccc(NS(C)(=O)=O)cn2)c(C)cc1-c1ccc(N(C)C)cc1. The smallest absolute Gasteiger partial charge is 0.229 e. The van der Waals surface area contributed by atoms with E-state index in [1.54, 1.807) is 12.3 Å². The van der Waals surface area contributed by atoms with Gasteiger partial charge in [0.15, 0.2) is 0 Å². The van der Waals surface area contributed by atoms with Gasteiger partial charge in [0.05, 0.1) is 23.8 Å². The second kappa shape index (κ2) is 7.64. The van der Waals surface area contributed by atoms with E-state index in [1.807, 2.05) is 20.2 Å². The van der Waals surface area contributed by atoms with E-state index in [0.29, 0.717) is 5.69 Å². The molecule has 0 atom stereocenters. The molecule has 0 saturated carbocycles. The second-order valence-electron chi connectivity index (χ2n) is 7.23. The molecule has 1 N–H and O–H groups in total. The second-order valence-corrected chi connectivity index (χ2v) is 8.98. The van der Waals surface area contributed by atoms with Crippen molar-refractivity contribution >= 4 is 21.4 Å². The molecule has 0 unspecified atom stereocenters. The molecule has 0 aliphatic carbocycles. The van der Waals surface area contributed by atoms with Crippen molar-refractivity contribution in [2.75, 3.05) is 30.0 Å². The lowest BCUT2D eigenvalue weighted by Crippen LogP contribution is -2.09. The lowest BCUT2D eigenvalue weighted by Gasteiger charge is -2.15. The molecule has 2 aromatic carbocycles. The van der Waals surface area contributed by atoms with Crippen molar-refractivity contribution in [3.63, 3.8) is 0 Å². The first-order valence-electron chi connectivity index (χ1n) is 8.97. The van der Waals surface area contributed by atoms with Crippen molar-refractivity contribution in [3.05, 3.63) is 65.9 Å². The largest absolute Gasteiger partial charge is 0.378 e. The topological polar surface area (TPSA) is 62.3 Å². The Morgan fingerprint density at radius 2 is 1.50 bits per heavy atom. The van der Waals surface area contributed by atoms with E-state index in [-0.39, 0.29) is 0 Å². The summed E-state index contributed by atoms with van der Waals surface area (Å²) < 4.78 is 25.1. The van der Waals surface area contributed by atoms with Crippen molar-refractivity contribution in [3.8, 4) is 22.4 Å². The zero-order valence-electron chi connectivity index (χ0n) is 16.8. The minimum Gasteiger partial charge on any atom is -0.378 e. The molecule has 0 amide bonds. The Bertz CT molecular complexity index is 1090. The highest BCUT2D eigenvalue weighted by atomic mass is 32.2. The van der Waals surface area contributed by atoms with Crippen LogP contribution in [-0.4, -0.2) is 33.8 Å². The fourth-order valence-corrected chi connectivity index (χ4v) is 3.72. The number of aromatic nitrogens is 1. The third-order valence-corrected chi connectivity index (χ3v) is 5.22. The van der Waals surface area contributed by atoms with Crippen LogP contribution in [0.15, 0.2) is 54.7 Å². The fourth-order valence-electron chi connectivity index (χ4n) is 3.17. The van der Waals surface area contributed by atoms with Crippen LogP contribution in [0.2, 0.25) is 0 Å². The Kier molecular flexibility index (Phi) is 5.42. The number of rotatable bonds is 5.